The second kappa shape index (κ2) is 10.2. The monoisotopic (exact) mass is 284 g/mol. The lowest BCUT2D eigenvalue weighted by Gasteiger charge is -2.17. The second-order valence-corrected chi connectivity index (χ2v) is 5.70. The van der Waals surface area contributed by atoms with Crippen molar-refractivity contribution in [3.8, 4) is 0 Å². The maximum atomic E-state index is 4.06. The maximum Gasteiger partial charge on any atom is 0.00634 e. The summed E-state index contributed by atoms with van der Waals surface area (Å²) < 4.78 is 0. The van der Waals surface area contributed by atoms with Crippen molar-refractivity contribution in [2.75, 3.05) is 0 Å². The van der Waals surface area contributed by atoms with E-state index in [0.717, 1.165) is 12.0 Å². The van der Waals surface area contributed by atoms with Gasteiger partial charge in [0, 0.05) is 5.92 Å². The molecule has 0 saturated heterocycles. The molecule has 0 spiro atoms. The van der Waals surface area contributed by atoms with Gasteiger partial charge in [0.1, 0.15) is 0 Å². The van der Waals surface area contributed by atoms with Crippen LogP contribution in [-0.2, 0) is 6.42 Å². The molecule has 0 aromatic heterocycles. The normalized spacial score (nSPS) is 12.4. The first-order valence-corrected chi connectivity index (χ1v) is 8.03. The topological polar surface area (TPSA) is 0 Å². The van der Waals surface area contributed by atoms with Crippen LogP contribution in [0.15, 0.2) is 60.7 Å². The van der Waals surface area contributed by atoms with Crippen LogP contribution in [0.2, 0.25) is 0 Å². The Bertz CT molecular complexity index is 457. The van der Waals surface area contributed by atoms with Crippen LogP contribution in [0.3, 0.4) is 0 Å². The molecule has 1 unspecified atom stereocenters. The van der Waals surface area contributed by atoms with Gasteiger partial charge >= 0.3 is 0 Å². The third-order valence-electron chi connectivity index (χ3n) is 3.38. The third kappa shape index (κ3) is 6.62. The molecule has 0 N–H and O–H groups in total. The lowest BCUT2D eigenvalue weighted by molar-refractivity contribution is 0.647. The smallest absolute Gasteiger partial charge is 0.00634 e. The minimum Gasteiger partial charge on any atom is -0.0991 e. The van der Waals surface area contributed by atoms with Gasteiger partial charge in [-0.3, -0.25) is 0 Å². The summed E-state index contributed by atoms with van der Waals surface area (Å²) in [5.41, 5.74) is 5.12. The summed E-state index contributed by atoms with van der Waals surface area (Å²) in [4.78, 5) is 0. The molecule has 1 aromatic carbocycles. The summed E-state index contributed by atoms with van der Waals surface area (Å²) in [5.74, 6) is 1.07. The summed E-state index contributed by atoms with van der Waals surface area (Å²) in [5, 5.41) is 0. The first-order chi connectivity index (χ1) is 9.95. The third-order valence-corrected chi connectivity index (χ3v) is 3.38. The highest BCUT2D eigenvalue weighted by atomic mass is 14.2. The molecule has 0 amide bonds. The molecule has 1 rings (SSSR count). The summed E-state index contributed by atoms with van der Waals surface area (Å²) in [6, 6.07) is 8.97. The minimum atomic E-state index is 0.364. The van der Waals surface area contributed by atoms with E-state index in [0.29, 0.717) is 11.8 Å². The van der Waals surface area contributed by atoms with Crippen LogP contribution in [-0.4, -0.2) is 0 Å². The van der Waals surface area contributed by atoms with Gasteiger partial charge in [-0.15, -0.1) is 0 Å². The Morgan fingerprint density at radius 3 is 2.00 bits per heavy atom. The van der Waals surface area contributed by atoms with E-state index >= 15 is 0 Å². The molecule has 0 aliphatic rings. The van der Waals surface area contributed by atoms with Gasteiger partial charge in [0.05, 0.1) is 0 Å². The lowest BCUT2D eigenvalue weighted by Crippen LogP contribution is -2.00. The van der Waals surface area contributed by atoms with Crippen molar-refractivity contribution in [3.63, 3.8) is 0 Å². The van der Waals surface area contributed by atoms with Crippen LogP contribution in [0.1, 0.15) is 58.6 Å². The fraction of sp³-hybridized carbons (Fsp3) is 0.429. The summed E-state index contributed by atoms with van der Waals surface area (Å²) >= 11 is 0. The van der Waals surface area contributed by atoms with E-state index in [1.807, 2.05) is 19.9 Å². The van der Waals surface area contributed by atoms with Crippen molar-refractivity contribution in [2.45, 2.75) is 53.9 Å². The van der Waals surface area contributed by atoms with E-state index in [4.69, 9.17) is 0 Å². The molecule has 0 aliphatic heterocycles. The molecule has 0 radical (unpaired) electrons. The number of benzene rings is 1. The van der Waals surface area contributed by atoms with Gasteiger partial charge in [0.15, 0.2) is 0 Å². The van der Waals surface area contributed by atoms with E-state index in [9.17, 15) is 0 Å². The molecule has 0 saturated carbocycles. The van der Waals surface area contributed by atoms with E-state index in [1.165, 1.54) is 16.7 Å². The van der Waals surface area contributed by atoms with Crippen molar-refractivity contribution in [2.24, 2.45) is 5.92 Å². The van der Waals surface area contributed by atoms with Crippen LogP contribution >= 0.6 is 0 Å². The number of hydrogen-bond donors (Lipinski definition) is 0. The van der Waals surface area contributed by atoms with E-state index in [1.54, 1.807) is 0 Å². The van der Waals surface area contributed by atoms with Gasteiger partial charge < -0.3 is 0 Å². The number of rotatable bonds is 6. The Labute approximate surface area is 132 Å². The molecule has 0 heteroatoms. The molecule has 0 bridgehead atoms. The summed E-state index contributed by atoms with van der Waals surface area (Å²) in [7, 11) is 0. The molecule has 0 heterocycles. The highest BCUT2D eigenvalue weighted by molar-refractivity contribution is 5.40. The summed E-state index contributed by atoms with van der Waals surface area (Å²) in [6.07, 6.45) is 5.05. The molecule has 116 valence electrons. The van der Waals surface area contributed by atoms with Gasteiger partial charge in [-0.2, -0.15) is 0 Å². The lowest BCUT2D eigenvalue weighted by atomic mass is 9.88. The molecule has 1 aromatic rings. The molecule has 0 fully saturated rings. The Kier molecular flexibility index (Phi) is 9.45. The first kappa shape index (κ1) is 19.4. The number of allylic oxidation sites excluding steroid dienone is 4. The quantitative estimate of drug-likeness (QED) is 0.510. The largest absolute Gasteiger partial charge is 0.0991 e. The van der Waals surface area contributed by atoms with E-state index < -0.39 is 0 Å². The second-order valence-electron chi connectivity index (χ2n) is 5.70. The van der Waals surface area contributed by atoms with Gasteiger partial charge in [0.25, 0.3) is 0 Å². The molecule has 0 aliphatic carbocycles. The molecule has 0 nitrogen and oxygen atoms in total. The molecule has 21 heavy (non-hydrogen) atoms. The van der Waals surface area contributed by atoms with Crippen molar-refractivity contribution in [1.82, 2.24) is 0 Å². The van der Waals surface area contributed by atoms with Gasteiger partial charge in [-0.05, 0) is 36.0 Å². The molecule has 1 atom stereocenters. The Morgan fingerprint density at radius 1 is 1.10 bits per heavy atom. The van der Waals surface area contributed by atoms with Crippen molar-refractivity contribution >= 4 is 0 Å². The van der Waals surface area contributed by atoms with E-state index in [-0.39, 0.29) is 0 Å². The van der Waals surface area contributed by atoms with Gasteiger partial charge in [-0.1, -0.05) is 89.8 Å². The maximum absolute atomic E-state index is 4.06. The Hall–Kier alpha value is -1.56. The van der Waals surface area contributed by atoms with Crippen molar-refractivity contribution in [3.05, 3.63) is 71.8 Å². The fourth-order valence-corrected chi connectivity index (χ4v) is 2.38. The van der Waals surface area contributed by atoms with Crippen molar-refractivity contribution in [1.29, 1.82) is 0 Å². The zero-order valence-corrected chi connectivity index (χ0v) is 14.7. The molecular weight excluding hydrogens is 252 g/mol. The van der Waals surface area contributed by atoms with Gasteiger partial charge in [0.2, 0.25) is 0 Å². The van der Waals surface area contributed by atoms with Crippen LogP contribution in [0, 0.1) is 5.92 Å². The van der Waals surface area contributed by atoms with Crippen LogP contribution in [0.4, 0.5) is 0 Å². The summed E-state index contributed by atoms with van der Waals surface area (Å²) in [6.45, 7) is 20.6. The fourth-order valence-electron chi connectivity index (χ4n) is 2.38. The standard InChI is InChI=1S/C19H26.C2H6/c1-7-8-19(15(4)5)16(6)18-11-9-17(10-12-18)13-14(2)3;1-2/h7-12,14,16H,1,4,13H2,2-3,5-6H3;1-2H3/b19-8-;. The first-order valence-electron chi connectivity index (χ1n) is 8.03. The minimum absolute atomic E-state index is 0.364. The predicted octanol–water partition coefficient (Wildman–Crippen LogP) is 6.70. The average molecular weight is 284 g/mol. The Morgan fingerprint density at radius 2 is 1.62 bits per heavy atom. The van der Waals surface area contributed by atoms with Crippen LogP contribution in [0.5, 0.6) is 0 Å². The Balaban J connectivity index is 0.00000191. The van der Waals surface area contributed by atoms with Crippen molar-refractivity contribution < 1.29 is 0 Å². The van der Waals surface area contributed by atoms with E-state index in [2.05, 4.69) is 71.2 Å². The average Bonchev–Trinajstić information content (AvgIpc) is 2.46. The van der Waals surface area contributed by atoms with Crippen LogP contribution in [0.25, 0.3) is 0 Å². The number of hydrogen-bond acceptors (Lipinski definition) is 0. The zero-order chi connectivity index (χ0) is 16.4. The predicted molar refractivity (Wildman–Crippen MR) is 97.8 cm³/mol. The zero-order valence-electron chi connectivity index (χ0n) is 14.7. The molecular formula is C21H32. The highest BCUT2D eigenvalue weighted by Gasteiger charge is 2.11. The van der Waals surface area contributed by atoms with Crippen LogP contribution < -0.4 is 0 Å². The van der Waals surface area contributed by atoms with Gasteiger partial charge in [-0.25, -0.2) is 0 Å². The SMILES string of the molecule is C=C/C=C(/C(=C)C)C(C)c1ccc(CC(C)C)cc1.CC. The highest BCUT2D eigenvalue weighted by Crippen LogP contribution is 2.28.